The Labute approximate surface area is 107 Å². The first kappa shape index (κ1) is 12.6. The number of halogens is 1. The Hall–Kier alpha value is -1.84. The molecule has 0 bridgehead atoms. The second-order valence-electron chi connectivity index (χ2n) is 4.41. The lowest BCUT2D eigenvalue weighted by Crippen LogP contribution is -2.04. The van der Waals surface area contributed by atoms with Crippen LogP contribution in [-0.4, -0.2) is 9.55 Å². The van der Waals surface area contributed by atoms with Crippen molar-refractivity contribution >= 4 is 11.6 Å². The average molecular weight is 247 g/mol. The van der Waals surface area contributed by atoms with E-state index in [-0.39, 0.29) is 5.82 Å². The Kier molecular flexibility index (Phi) is 3.97. The third-order valence-corrected chi connectivity index (χ3v) is 2.84. The van der Waals surface area contributed by atoms with E-state index in [0.717, 1.165) is 24.9 Å². The van der Waals surface area contributed by atoms with Gasteiger partial charge in [-0.3, -0.25) is 0 Å². The lowest BCUT2D eigenvalue weighted by atomic mass is 10.2. The van der Waals surface area contributed by atoms with Gasteiger partial charge in [0.15, 0.2) is 0 Å². The Balaban J connectivity index is 2.15. The van der Waals surface area contributed by atoms with Crippen LogP contribution in [0.5, 0.6) is 0 Å². The molecular formula is C14H18FN3. The number of unbranched alkanes of at least 4 members (excludes halogenated alkanes) is 1. The predicted molar refractivity (Wildman–Crippen MR) is 71.6 cm³/mol. The first-order chi connectivity index (χ1) is 8.70. The fourth-order valence-electron chi connectivity index (χ4n) is 1.78. The smallest absolute Gasteiger partial charge is 0.207 e. The number of anilines is 2. The molecule has 4 heteroatoms. The minimum Gasteiger partial charge on any atom is -0.323 e. The number of aryl methyl sites for hydroxylation is 2. The van der Waals surface area contributed by atoms with Gasteiger partial charge in [-0.25, -0.2) is 9.37 Å². The van der Waals surface area contributed by atoms with Crippen molar-refractivity contribution in [2.45, 2.75) is 33.2 Å². The molecule has 0 saturated carbocycles. The summed E-state index contributed by atoms with van der Waals surface area (Å²) >= 11 is 0. The molecule has 0 radical (unpaired) electrons. The van der Waals surface area contributed by atoms with E-state index >= 15 is 0 Å². The van der Waals surface area contributed by atoms with E-state index < -0.39 is 0 Å². The van der Waals surface area contributed by atoms with Crippen LogP contribution in [0.4, 0.5) is 16.0 Å². The Bertz CT molecular complexity index is 520. The highest BCUT2D eigenvalue weighted by atomic mass is 19.1. The molecule has 1 aromatic heterocycles. The monoisotopic (exact) mass is 247 g/mol. The van der Waals surface area contributed by atoms with Crippen molar-refractivity contribution in [3.05, 3.63) is 42.0 Å². The third-order valence-electron chi connectivity index (χ3n) is 2.84. The number of hydrogen-bond acceptors (Lipinski definition) is 2. The van der Waals surface area contributed by atoms with Crippen molar-refractivity contribution in [1.82, 2.24) is 9.55 Å². The van der Waals surface area contributed by atoms with Gasteiger partial charge < -0.3 is 9.88 Å². The van der Waals surface area contributed by atoms with Crippen LogP contribution in [0.2, 0.25) is 0 Å². The third kappa shape index (κ3) is 2.88. The molecule has 2 aromatic rings. The second-order valence-corrected chi connectivity index (χ2v) is 4.41. The molecule has 0 aliphatic carbocycles. The van der Waals surface area contributed by atoms with Gasteiger partial charge >= 0.3 is 0 Å². The minimum atomic E-state index is -0.250. The molecule has 0 spiro atoms. The van der Waals surface area contributed by atoms with Gasteiger partial charge in [-0.1, -0.05) is 19.4 Å². The molecular weight excluding hydrogens is 229 g/mol. The number of benzene rings is 1. The SMILES string of the molecule is CCCCn1ccnc1Nc1ccc(C)cc1F. The van der Waals surface area contributed by atoms with Gasteiger partial charge in [0, 0.05) is 18.9 Å². The van der Waals surface area contributed by atoms with Crippen molar-refractivity contribution in [1.29, 1.82) is 0 Å². The van der Waals surface area contributed by atoms with Crippen LogP contribution in [0.15, 0.2) is 30.6 Å². The normalized spacial score (nSPS) is 10.6. The minimum absolute atomic E-state index is 0.250. The highest BCUT2D eigenvalue weighted by Gasteiger charge is 2.06. The van der Waals surface area contributed by atoms with E-state index in [0.29, 0.717) is 11.6 Å². The van der Waals surface area contributed by atoms with Crippen molar-refractivity contribution in [3.8, 4) is 0 Å². The van der Waals surface area contributed by atoms with Gasteiger partial charge in [-0.15, -0.1) is 0 Å². The van der Waals surface area contributed by atoms with Crippen molar-refractivity contribution in [2.24, 2.45) is 0 Å². The van der Waals surface area contributed by atoms with Crippen LogP contribution in [0.1, 0.15) is 25.3 Å². The summed E-state index contributed by atoms with van der Waals surface area (Å²) in [7, 11) is 0. The molecule has 18 heavy (non-hydrogen) atoms. The maximum absolute atomic E-state index is 13.7. The van der Waals surface area contributed by atoms with Crippen LogP contribution in [0, 0.1) is 12.7 Å². The number of nitrogens with one attached hydrogen (secondary N) is 1. The predicted octanol–water partition coefficient (Wildman–Crippen LogP) is 3.87. The number of aromatic nitrogens is 2. The molecule has 1 aromatic carbocycles. The maximum atomic E-state index is 13.7. The summed E-state index contributed by atoms with van der Waals surface area (Å²) in [6.07, 6.45) is 5.84. The molecule has 0 amide bonds. The van der Waals surface area contributed by atoms with Crippen LogP contribution < -0.4 is 5.32 Å². The zero-order valence-corrected chi connectivity index (χ0v) is 10.8. The van der Waals surface area contributed by atoms with E-state index in [1.54, 1.807) is 12.3 Å². The molecule has 96 valence electrons. The van der Waals surface area contributed by atoms with Crippen LogP contribution in [-0.2, 0) is 6.54 Å². The van der Waals surface area contributed by atoms with Crippen LogP contribution in [0.25, 0.3) is 0 Å². The quantitative estimate of drug-likeness (QED) is 0.869. The van der Waals surface area contributed by atoms with Gasteiger partial charge in [0.25, 0.3) is 0 Å². The lowest BCUT2D eigenvalue weighted by molar-refractivity contribution is 0.625. The molecule has 0 aliphatic rings. The molecule has 1 N–H and O–H groups in total. The molecule has 0 fully saturated rings. The summed E-state index contributed by atoms with van der Waals surface area (Å²) < 4.78 is 15.7. The Morgan fingerprint density at radius 3 is 2.94 bits per heavy atom. The summed E-state index contributed by atoms with van der Waals surface area (Å²) in [5.74, 6) is 0.436. The highest BCUT2D eigenvalue weighted by Crippen LogP contribution is 2.20. The summed E-state index contributed by atoms with van der Waals surface area (Å²) in [5.41, 5.74) is 1.37. The zero-order chi connectivity index (χ0) is 13.0. The number of hydrogen-bond donors (Lipinski definition) is 1. The largest absolute Gasteiger partial charge is 0.323 e. The highest BCUT2D eigenvalue weighted by molar-refractivity contribution is 5.55. The Morgan fingerprint density at radius 2 is 2.22 bits per heavy atom. The summed E-state index contributed by atoms with van der Waals surface area (Å²) in [4.78, 5) is 4.21. The van der Waals surface area contributed by atoms with Crippen LogP contribution >= 0.6 is 0 Å². The fraction of sp³-hybridized carbons (Fsp3) is 0.357. The van der Waals surface area contributed by atoms with Crippen molar-refractivity contribution in [3.63, 3.8) is 0 Å². The average Bonchev–Trinajstić information content (AvgIpc) is 2.77. The zero-order valence-electron chi connectivity index (χ0n) is 10.8. The lowest BCUT2D eigenvalue weighted by Gasteiger charge is -2.10. The summed E-state index contributed by atoms with van der Waals surface area (Å²) in [6.45, 7) is 4.91. The summed E-state index contributed by atoms with van der Waals surface area (Å²) in [6, 6.07) is 5.13. The van der Waals surface area contributed by atoms with Gasteiger partial charge in [-0.2, -0.15) is 0 Å². The Morgan fingerprint density at radius 1 is 1.39 bits per heavy atom. The maximum Gasteiger partial charge on any atom is 0.207 e. The van der Waals surface area contributed by atoms with Crippen LogP contribution in [0.3, 0.4) is 0 Å². The number of rotatable bonds is 5. The topological polar surface area (TPSA) is 29.9 Å². The van der Waals surface area contributed by atoms with E-state index in [9.17, 15) is 4.39 Å². The van der Waals surface area contributed by atoms with Crippen molar-refractivity contribution < 1.29 is 4.39 Å². The molecule has 0 aliphatic heterocycles. The number of imidazole rings is 1. The molecule has 1 heterocycles. The molecule has 0 unspecified atom stereocenters. The van der Waals surface area contributed by atoms with E-state index in [2.05, 4.69) is 17.2 Å². The van der Waals surface area contributed by atoms with Gasteiger partial charge in [0.1, 0.15) is 5.82 Å². The first-order valence-corrected chi connectivity index (χ1v) is 6.25. The molecule has 3 nitrogen and oxygen atoms in total. The van der Waals surface area contributed by atoms with Crippen molar-refractivity contribution in [2.75, 3.05) is 5.32 Å². The molecule has 2 rings (SSSR count). The molecule has 0 saturated heterocycles. The second kappa shape index (κ2) is 5.67. The van der Waals surface area contributed by atoms with Gasteiger partial charge in [0.2, 0.25) is 5.95 Å². The number of nitrogens with zero attached hydrogens (tertiary/aromatic N) is 2. The first-order valence-electron chi connectivity index (χ1n) is 6.25. The molecule has 0 atom stereocenters. The van der Waals surface area contributed by atoms with Gasteiger partial charge in [-0.05, 0) is 31.0 Å². The van der Waals surface area contributed by atoms with E-state index in [4.69, 9.17) is 0 Å². The summed E-state index contributed by atoms with van der Waals surface area (Å²) in [5, 5.41) is 3.03. The van der Waals surface area contributed by atoms with E-state index in [1.807, 2.05) is 23.8 Å². The standard InChI is InChI=1S/C14H18FN3/c1-3-4-8-18-9-7-16-14(18)17-13-6-5-11(2)10-12(13)15/h5-7,9-10H,3-4,8H2,1-2H3,(H,16,17). The fourth-order valence-corrected chi connectivity index (χ4v) is 1.78. The van der Waals surface area contributed by atoms with Gasteiger partial charge in [0.05, 0.1) is 5.69 Å². The van der Waals surface area contributed by atoms with E-state index in [1.165, 1.54) is 6.07 Å².